The highest BCUT2D eigenvalue weighted by Crippen LogP contribution is 2.30. The molecule has 0 aliphatic carbocycles. The van der Waals surface area contributed by atoms with E-state index in [0.29, 0.717) is 18.7 Å². The number of rotatable bonds is 7. The highest BCUT2D eigenvalue weighted by molar-refractivity contribution is 7.10. The molecule has 1 aliphatic heterocycles. The van der Waals surface area contributed by atoms with E-state index in [0.717, 1.165) is 25.3 Å². The van der Waals surface area contributed by atoms with Gasteiger partial charge in [0.15, 0.2) is 0 Å². The van der Waals surface area contributed by atoms with Crippen LogP contribution in [0.1, 0.15) is 39.3 Å². The molecule has 0 spiro atoms. The van der Waals surface area contributed by atoms with E-state index in [4.69, 9.17) is 4.74 Å². The summed E-state index contributed by atoms with van der Waals surface area (Å²) in [5, 5.41) is 5.25. The molecule has 4 nitrogen and oxygen atoms in total. The molecule has 4 rings (SSSR count). The number of carbonyl (C=O) groups excluding carboxylic acids is 1. The number of thiophene rings is 1. The predicted octanol–water partition coefficient (Wildman–Crippen LogP) is 4.68. The number of ether oxygens (including phenoxy) is 1. The first kappa shape index (κ1) is 19.7. The van der Waals surface area contributed by atoms with Crippen molar-refractivity contribution < 1.29 is 9.53 Å². The van der Waals surface area contributed by atoms with E-state index in [-0.39, 0.29) is 11.9 Å². The summed E-state index contributed by atoms with van der Waals surface area (Å²) in [5.74, 6) is 0.736. The third-order valence-electron chi connectivity index (χ3n) is 5.36. The minimum absolute atomic E-state index is 0.0491. The molecule has 2 heterocycles. The van der Waals surface area contributed by atoms with Crippen molar-refractivity contribution in [1.29, 1.82) is 0 Å². The fourth-order valence-corrected chi connectivity index (χ4v) is 4.70. The zero-order chi connectivity index (χ0) is 20.1. The van der Waals surface area contributed by atoms with Crippen LogP contribution in [0, 0.1) is 0 Å². The third-order valence-corrected chi connectivity index (χ3v) is 6.33. The number of amides is 1. The number of benzene rings is 2. The molecule has 1 amide bonds. The first-order chi connectivity index (χ1) is 14.2. The molecule has 1 atom stereocenters. The van der Waals surface area contributed by atoms with Gasteiger partial charge >= 0.3 is 0 Å². The molecule has 1 N–H and O–H groups in total. The minimum Gasteiger partial charge on any atom is -0.494 e. The molecule has 2 aromatic carbocycles. The van der Waals surface area contributed by atoms with Gasteiger partial charge in [-0.1, -0.05) is 30.3 Å². The van der Waals surface area contributed by atoms with Crippen LogP contribution in [0.15, 0.2) is 66.0 Å². The summed E-state index contributed by atoms with van der Waals surface area (Å²) >= 11 is 1.75. The van der Waals surface area contributed by atoms with Crippen LogP contribution in [0.4, 0.5) is 0 Å². The van der Waals surface area contributed by atoms with Crippen molar-refractivity contribution in [1.82, 2.24) is 10.2 Å². The Balaban J connectivity index is 1.45. The Kier molecular flexibility index (Phi) is 6.27. The SMILES string of the molecule is CCOc1ccc(C(=O)NCC(c2cccs2)N2CCc3ccccc3C2)cc1. The minimum atomic E-state index is -0.0491. The highest BCUT2D eigenvalue weighted by Gasteiger charge is 2.26. The van der Waals surface area contributed by atoms with Gasteiger partial charge in [0.1, 0.15) is 5.75 Å². The number of fused-ring (bicyclic) bond motifs is 1. The van der Waals surface area contributed by atoms with Crippen molar-refractivity contribution in [2.75, 3.05) is 19.7 Å². The summed E-state index contributed by atoms with van der Waals surface area (Å²) < 4.78 is 5.46. The van der Waals surface area contributed by atoms with E-state index < -0.39 is 0 Å². The molecule has 0 radical (unpaired) electrons. The largest absolute Gasteiger partial charge is 0.494 e. The number of hydrogen-bond donors (Lipinski definition) is 1. The van der Waals surface area contributed by atoms with Gasteiger partial charge in [-0.15, -0.1) is 11.3 Å². The maximum absolute atomic E-state index is 12.7. The van der Waals surface area contributed by atoms with Crippen LogP contribution >= 0.6 is 11.3 Å². The summed E-state index contributed by atoms with van der Waals surface area (Å²) in [6.07, 6.45) is 1.05. The molecule has 150 valence electrons. The average Bonchev–Trinajstić information content (AvgIpc) is 3.29. The van der Waals surface area contributed by atoms with Gasteiger partial charge in [0.05, 0.1) is 12.6 Å². The lowest BCUT2D eigenvalue weighted by molar-refractivity contribution is 0.0928. The van der Waals surface area contributed by atoms with Gasteiger partial charge < -0.3 is 10.1 Å². The van der Waals surface area contributed by atoms with Crippen LogP contribution in [0.5, 0.6) is 5.75 Å². The summed E-state index contributed by atoms with van der Waals surface area (Å²) in [7, 11) is 0. The van der Waals surface area contributed by atoms with Gasteiger partial charge in [0.25, 0.3) is 5.91 Å². The van der Waals surface area contributed by atoms with Crippen molar-refractivity contribution in [3.05, 3.63) is 87.6 Å². The smallest absolute Gasteiger partial charge is 0.251 e. The molecule has 1 aliphatic rings. The Hall–Kier alpha value is -2.63. The van der Waals surface area contributed by atoms with Crippen molar-refractivity contribution >= 4 is 17.2 Å². The second kappa shape index (κ2) is 9.25. The van der Waals surface area contributed by atoms with E-state index >= 15 is 0 Å². The van der Waals surface area contributed by atoms with Crippen LogP contribution < -0.4 is 10.1 Å². The lowest BCUT2D eigenvalue weighted by Crippen LogP contribution is -2.40. The van der Waals surface area contributed by atoms with Crippen molar-refractivity contribution in [2.24, 2.45) is 0 Å². The van der Waals surface area contributed by atoms with E-state index in [1.165, 1.54) is 16.0 Å². The Labute approximate surface area is 176 Å². The molecule has 0 bridgehead atoms. The lowest BCUT2D eigenvalue weighted by Gasteiger charge is -2.35. The third kappa shape index (κ3) is 4.69. The molecule has 0 saturated carbocycles. The van der Waals surface area contributed by atoms with Gasteiger partial charge in [0.2, 0.25) is 0 Å². The second-order valence-electron chi connectivity index (χ2n) is 7.19. The monoisotopic (exact) mass is 406 g/mol. The second-order valence-corrected chi connectivity index (χ2v) is 8.17. The maximum Gasteiger partial charge on any atom is 0.251 e. The van der Waals surface area contributed by atoms with Gasteiger partial charge in [-0.05, 0) is 60.2 Å². The first-order valence-electron chi connectivity index (χ1n) is 10.1. The Morgan fingerprint density at radius 3 is 2.62 bits per heavy atom. The number of carbonyl (C=O) groups is 1. The standard InChI is InChI=1S/C24H26N2O2S/c1-2-28-21-11-9-19(10-12-21)24(27)25-16-22(23-8-5-15-29-23)26-14-13-18-6-3-4-7-20(18)17-26/h3-12,15,22H,2,13-14,16-17H2,1H3,(H,25,27). The van der Waals surface area contributed by atoms with Gasteiger partial charge in [-0.2, -0.15) is 0 Å². The summed E-state index contributed by atoms with van der Waals surface area (Å²) in [4.78, 5) is 16.5. The number of nitrogens with zero attached hydrogens (tertiary/aromatic N) is 1. The summed E-state index contributed by atoms with van der Waals surface area (Å²) in [6.45, 7) is 5.07. The van der Waals surface area contributed by atoms with E-state index in [1.807, 2.05) is 31.2 Å². The first-order valence-corrected chi connectivity index (χ1v) is 11.0. The summed E-state index contributed by atoms with van der Waals surface area (Å²) in [5.41, 5.74) is 3.48. The van der Waals surface area contributed by atoms with Crippen molar-refractivity contribution in [2.45, 2.75) is 25.9 Å². The zero-order valence-electron chi connectivity index (χ0n) is 16.6. The fraction of sp³-hybridized carbons (Fsp3) is 0.292. The highest BCUT2D eigenvalue weighted by atomic mass is 32.1. The van der Waals surface area contributed by atoms with Gasteiger partial charge in [0, 0.05) is 30.1 Å². The topological polar surface area (TPSA) is 41.6 Å². The van der Waals surface area contributed by atoms with E-state index in [9.17, 15) is 4.79 Å². The molecule has 3 aromatic rings. The molecule has 0 saturated heterocycles. The van der Waals surface area contributed by atoms with Gasteiger partial charge in [-0.25, -0.2) is 0 Å². The lowest BCUT2D eigenvalue weighted by atomic mass is 9.98. The van der Waals surface area contributed by atoms with Crippen LogP contribution in [-0.4, -0.2) is 30.5 Å². The Morgan fingerprint density at radius 2 is 1.90 bits per heavy atom. The molecule has 1 aromatic heterocycles. The molecule has 29 heavy (non-hydrogen) atoms. The molecular weight excluding hydrogens is 380 g/mol. The van der Waals surface area contributed by atoms with Gasteiger partial charge in [-0.3, -0.25) is 9.69 Å². The quantitative estimate of drug-likeness (QED) is 0.620. The molecular formula is C24H26N2O2S. The van der Waals surface area contributed by atoms with Crippen LogP contribution in [-0.2, 0) is 13.0 Å². The number of hydrogen-bond acceptors (Lipinski definition) is 4. The predicted molar refractivity (Wildman–Crippen MR) is 118 cm³/mol. The molecule has 1 unspecified atom stereocenters. The average molecular weight is 407 g/mol. The maximum atomic E-state index is 12.7. The normalized spacial score (nSPS) is 14.8. The van der Waals surface area contributed by atoms with Crippen molar-refractivity contribution in [3.63, 3.8) is 0 Å². The number of nitrogens with one attached hydrogen (secondary N) is 1. The van der Waals surface area contributed by atoms with E-state index in [2.05, 4.69) is 52.0 Å². The molecule has 5 heteroatoms. The van der Waals surface area contributed by atoms with Crippen LogP contribution in [0.25, 0.3) is 0 Å². The zero-order valence-corrected chi connectivity index (χ0v) is 17.5. The molecule has 0 fully saturated rings. The Morgan fingerprint density at radius 1 is 1.10 bits per heavy atom. The Bertz CT molecular complexity index is 938. The van der Waals surface area contributed by atoms with Crippen molar-refractivity contribution in [3.8, 4) is 5.75 Å². The fourth-order valence-electron chi connectivity index (χ4n) is 3.83. The van der Waals surface area contributed by atoms with Crippen LogP contribution in [0.2, 0.25) is 0 Å². The summed E-state index contributed by atoms with van der Waals surface area (Å²) in [6, 6.07) is 20.4. The van der Waals surface area contributed by atoms with E-state index in [1.54, 1.807) is 11.3 Å². The van der Waals surface area contributed by atoms with Crippen LogP contribution in [0.3, 0.4) is 0 Å².